The Kier molecular flexibility index (Phi) is 3.54. The Labute approximate surface area is 146 Å². The van der Waals surface area contributed by atoms with E-state index in [0.29, 0.717) is 0 Å². The Morgan fingerprint density at radius 1 is 1.42 bits per heavy atom. The zero-order chi connectivity index (χ0) is 16.1. The summed E-state index contributed by atoms with van der Waals surface area (Å²) >= 11 is 2.08. The van der Waals surface area contributed by atoms with Gasteiger partial charge in [0.1, 0.15) is 0 Å². The molecule has 1 unspecified atom stereocenters. The molecule has 5 nitrogen and oxygen atoms in total. The molecule has 2 aliphatic heterocycles. The molecule has 1 saturated heterocycles. The third-order valence-corrected chi connectivity index (χ3v) is 7.34. The average Bonchev–Trinajstić information content (AvgIpc) is 3.24. The Hall–Kier alpha value is -1.24. The van der Waals surface area contributed by atoms with E-state index >= 15 is 0 Å². The number of nitrogens with zero attached hydrogens (tertiary/aromatic N) is 3. The van der Waals surface area contributed by atoms with Crippen LogP contribution in [-0.2, 0) is 23.6 Å². The topological polar surface area (TPSA) is 52.0 Å². The number of thiophene rings is 1. The molecule has 24 heavy (non-hydrogen) atoms. The average molecular weight is 344 g/mol. The first kappa shape index (κ1) is 15.0. The number of hydrogen-bond donors (Lipinski definition) is 1. The first-order valence-corrected chi connectivity index (χ1v) is 9.86. The van der Waals surface area contributed by atoms with Crippen LogP contribution in [0.5, 0.6) is 0 Å². The van der Waals surface area contributed by atoms with Crippen molar-refractivity contribution in [1.82, 2.24) is 20.3 Å². The van der Waals surface area contributed by atoms with Crippen LogP contribution in [0, 0.1) is 0 Å². The van der Waals surface area contributed by atoms with E-state index in [-0.39, 0.29) is 11.5 Å². The molecule has 0 bridgehead atoms. The van der Waals surface area contributed by atoms with Gasteiger partial charge >= 0.3 is 0 Å². The lowest BCUT2D eigenvalue weighted by atomic mass is 9.74. The number of aryl methyl sites for hydroxylation is 1. The zero-order valence-electron chi connectivity index (χ0n) is 14.1. The van der Waals surface area contributed by atoms with Gasteiger partial charge < -0.3 is 10.1 Å². The van der Waals surface area contributed by atoms with E-state index in [9.17, 15) is 0 Å². The molecule has 2 atom stereocenters. The van der Waals surface area contributed by atoms with Crippen molar-refractivity contribution in [2.75, 3.05) is 19.8 Å². The normalized spacial score (nSPS) is 30.3. The largest absolute Gasteiger partial charge is 0.380 e. The van der Waals surface area contributed by atoms with Crippen LogP contribution in [0.3, 0.4) is 0 Å². The van der Waals surface area contributed by atoms with Crippen molar-refractivity contribution >= 4 is 11.3 Å². The molecule has 2 aromatic rings. The summed E-state index contributed by atoms with van der Waals surface area (Å²) in [7, 11) is 1.93. The van der Waals surface area contributed by atoms with E-state index in [2.05, 4.69) is 33.0 Å². The molecule has 4 heterocycles. The van der Waals surface area contributed by atoms with Crippen molar-refractivity contribution in [3.8, 4) is 0 Å². The summed E-state index contributed by atoms with van der Waals surface area (Å²) in [5, 5.41) is 12.1. The molecular formula is C18H24N4OS. The fourth-order valence-electron chi connectivity index (χ4n) is 4.29. The van der Waals surface area contributed by atoms with Crippen LogP contribution in [0.2, 0.25) is 0 Å². The summed E-state index contributed by atoms with van der Waals surface area (Å²) in [5.74, 6) is 0.845. The van der Waals surface area contributed by atoms with E-state index in [0.717, 1.165) is 50.6 Å². The van der Waals surface area contributed by atoms with E-state index in [1.807, 2.05) is 13.2 Å². The number of rotatable bonds is 2. The van der Waals surface area contributed by atoms with Gasteiger partial charge in [0, 0.05) is 28.4 Å². The number of piperidine rings is 1. The Morgan fingerprint density at radius 2 is 2.33 bits per heavy atom. The van der Waals surface area contributed by atoms with Gasteiger partial charge in [0.05, 0.1) is 24.9 Å². The first-order valence-electron chi connectivity index (χ1n) is 9.04. The van der Waals surface area contributed by atoms with Gasteiger partial charge in [-0.25, -0.2) is 0 Å². The van der Waals surface area contributed by atoms with Crippen LogP contribution >= 0.6 is 11.3 Å². The molecule has 0 radical (unpaired) electrons. The Bertz CT molecular complexity index is 750. The Morgan fingerprint density at radius 3 is 3.12 bits per heavy atom. The van der Waals surface area contributed by atoms with Crippen molar-refractivity contribution < 1.29 is 4.74 Å². The number of nitrogens with one attached hydrogen (secondary N) is 1. The van der Waals surface area contributed by atoms with Gasteiger partial charge in [-0.05, 0) is 56.2 Å². The lowest BCUT2D eigenvalue weighted by Crippen LogP contribution is -2.44. The zero-order valence-corrected chi connectivity index (χ0v) is 14.9. The van der Waals surface area contributed by atoms with Crippen molar-refractivity contribution in [2.45, 2.75) is 49.5 Å². The molecule has 2 aromatic heterocycles. The van der Waals surface area contributed by atoms with Crippen LogP contribution in [0.4, 0.5) is 0 Å². The smallest absolute Gasteiger partial charge is 0.0996 e. The van der Waals surface area contributed by atoms with Gasteiger partial charge in [-0.3, -0.25) is 4.68 Å². The minimum atomic E-state index is 0.150. The van der Waals surface area contributed by atoms with Gasteiger partial charge in [0.2, 0.25) is 0 Å². The van der Waals surface area contributed by atoms with Gasteiger partial charge in [0.15, 0.2) is 0 Å². The van der Waals surface area contributed by atoms with E-state index in [4.69, 9.17) is 4.74 Å². The van der Waals surface area contributed by atoms with Gasteiger partial charge in [-0.15, -0.1) is 16.4 Å². The molecule has 0 aromatic carbocycles. The standard InChI is InChI=1S/C18H24N4OS/c1-22-10-15(20-21-22)14-9-18(5-6-19-14)11-23-7-4-13-8-16(12-2-3-12)24-17(13)18/h8,10,12,14,19H,2-7,9,11H2,1H3/t14-,18?/m0/s1. The third kappa shape index (κ3) is 2.52. The van der Waals surface area contributed by atoms with Gasteiger partial charge in [-0.2, -0.15) is 0 Å². The summed E-state index contributed by atoms with van der Waals surface area (Å²) in [4.78, 5) is 3.23. The van der Waals surface area contributed by atoms with Crippen LogP contribution in [0.25, 0.3) is 0 Å². The summed E-state index contributed by atoms with van der Waals surface area (Å²) in [6, 6.07) is 2.77. The number of ether oxygens (including phenoxy) is 1. The quantitative estimate of drug-likeness (QED) is 0.910. The highest BCUT2D eigenvalue weighted by Crippen LogP contribution is 2.50. The summed E-state index contributed by atoms with van der Waals surface area (Å²) in [6.45, 7) is 2.72. The second-order valence-electron chi connectivity index (χ2n) is 7.64. The predicted molar refractivity (Wildman–Crippen MR) is 93.5 cm³/mol. The molecule has 5 rings (SSSR count). The molecule has 0 amide bonds. The lowest BCUT2D eigenvalue weighted by molar-refractivity contribution is 0.0696. The minimum absolute atomic E-state index is 0.150. The summed E-state index contributed by atoms with van der Waals surface area (Å²) in [6.07, 6.45) is 8.09. The number of aromatic nitrogens is 3. The van der Waals surface area contributed by atoms with Crippen LogP contribution in [0.1, 0.15) is 58.7 Å². The van der Waals surface area contributed by atoms with Gasteiger partial charge in [0.25, 0.3) is 0 Å². The lowest BCUT2D eigenvalue weighted by Gasteiger charge is -2.40. The molecule has 3 aliphatic rings. The van der Waals surface area contributed by atoms with Crippen LogP contribution < -0.4 is 5.32 Å². The van der Waals surface area contributed by atoms with E-state index in [1.165, 1.54) is 12.8 Å². The highest BCUT2D eigenvalue weighted by molar-refractivity contribution is 7.12. The summed E-state index contributed by atoms with van der Waals surface area (Å²) < 4.78 is 7.87. The fraction of sp³-hybridized carbons (Fsp3) is 0.667. The molecule has 6 heteroatoms. The highest BCUT2D eigenvalue weighted by Gasteiger charge is 2.43. The van der Waals surface area contributed by atoms with Gasteiger partial charge in [-0.1, -0.05) is 5.21 Å². The van der Waals surface area contributed by atoms with E-state index < -0.39 is 0 Å². The maximum absolute atomic E-state index is 6.07. The first-order chi connectivity index (χ1) is 11.7. The maximum Gasteiger partial charge on any atom is 0.0996 e. The monoisotopic (exact) mass is 344 g/mol. The third-order valence-electron chi connectivity index (χ3n) is 5.75. The van der Waals surface area contributed by atoms with Crippen molar-refractivity contribution in [3.05, 3.63) is 33.3 Å². The number of hydrogen-bond acceptors (Lipinski definition) is 5. The second kappa shape index (κ2) is 5.64. The number of fused-ring (bicyclic) bond motifs is 2. The highest BCUT2D eigenvalue weighted by atomic mass is 32.1. The Balaban J connectivity index is 1.51. The fourth-order valence-corrected chi connectivity index (χ4v) is 5.88. The van der Waals surface area contributed by atoms with E-state index in [1.54, 1.807) is 20.0 Å². The van der Waals surface area contributed by atoms with Crippen molar-refractivity contribution in [3.63, 3.8) is 0 Å². The molecule has 1 aliphatic carbocycles. The SMILES string of the molecule is Cn1cc([C@@H]2CC3(CCN2)COCCc2cc(C4CC4)sc23)nn1. The minimum Gasteiger partial charge on any atom is -0.380 e. The molecule has 1 N–H and O–H groups in total. The maximum atomic E-state index is 6.07. The summed E-state index contributed by atoms with van der Waals surface area (Å²) in [5.41, 5.74) is 2.76. The predicted octanol–water partition coefficient (Wildman–Crippen LogP) is 2.69. The molecule has 1 saturated carbocycles. The molecule has 1 spiro atoms. The molecule has 2 fully saturated rings. The van der Waals surface area contributed by atoms with Crippen LogP contribution in [0.15, 0.2) is 12.3 Å². The van der Waals surface area contributed by atoms with Crippen molar-refractivity contribution in [1.29, 1.82) is 0 Å². The molecule has 128 valence electrons. The molecular weight excluding hydrogens is 320 g/mol. The van der Waals surface area contributed by atoms with Crippen LogP contribution in [-0.4, -0.2) is 34.8 Å². The van der Waals surface area contributed by atoms with Crippen molar-refractivity contribution in [2.24, 2.45) is 7.05 Å². The second-order valence-corrected chi connectivity index (χ2v) is 8.72.